The van der Waals surface area contributed by atoms with Gasteiger partial charge in [0.1, 0.15) is 6.61 Å². The molecule has 0 spiro atoms. The fourth-order valence-corrected chi connectivity index (χ4v) is 2.23. The molecule has 1 aromatic carbocycles. The highest BCUT2D eigenvalue weighted by Crippen LogP contribution is 2.29. The summed E-state index contributed by atoms with van der Waals surface area (Å²) in [4.78, 5) is 35.1. The zero-order chi connectivity index (χ0) is 18.4. The van der Waals surface area contributed by atoms with Crippen molar-refractivity contribution < 1.29 is 19.1 Å². The summed E-state index contributed by atoms with van der Waals surface area (Å²) in [7, 11) is 0. The monoisotopic (exact) mass is 346 g/mol. The van der Waals surface area contributed by atoms with Crippen LogP contribution >= 0.6 is 0 Å². The number of amides is 2. The Hall–Kier alpha value is -2.37. The van der Waals surface area contributed by atoms with Crippen molar-refractivity contribution in [2.75, 3.05) is 19.7 Å². The molecule has 1 fully saturated rings. The van der Waals surface area contributed by atoms with E-state index in [4.69, 9.17) is 4.74 Å². The van der Waals surface area contributed by atoms with Crippen molar-refractivity contribution in [3.05, 3.63) is 35.4 Å². The minimum atomic E-state index is -0.317. The second-order valence-electron chi connectivity index (χ2n) is 7.30. The lowest BCUT2D eigenvalue weighted by molar-refractivity contribution is -0.145. The Labute approximate surface area is 148 Å². The fraction of sp³-hybridized carbons (Fsp3) is 0.526. The number of carbonyl (C=O) groups excluding carboxylic acids is 3. The third-order valence-corrected chi connectivity index (χ3v) is 4.00. The minimum absolute atomic E-state index is 0.0256. The van der Waals surface area contributed by atoms with Crippen molar-refractivity contribution in [3.8, 4) is 0 Å². The SMILES string of the molecule is CC(C)(C)c1ccc(C(=O)NCC(=O)NCCOC(=O)C2CC2)cc1. The third kappa shape index (κ3) is 6.21. The van der Waals surface area contributed by atoms with Crippen LogP contribution in [0.25, 0.3) is 0 Å². The Kier molecular flexibility index (Phi) is 6.17. The Morgan fingerprint density at radius 3 is 2.28 bits per heavy atom. The standard InChI is InChI=1S/C19H26N2O4/c1-19(2,3)15-8-6-13(7-9-15)17(23)21-12-16(22)20-10-11-25-18(24)14-4-5-14/h6-9,14H,4-5,10-12H2,1-3H3,(H,20,22)(H,21,23). The second kappa shape index (κ2) is 8.14. The average molecular weight is 346 g/mol. The van der Waals surface area contributed by atoms with Gasteiger partial charge in [-0.05, 0) is 36.0 Å². The van der Waals surface area contributed by atoms with E-state index in [0.29, 0.717) is 5.56 Å². The lowest BCUT2D eigenvalue weighted by Gasteiger charge is -2.19. The lowest BCUT2D eigenvalue weighted by atomic mass is 9.87. The first kappa shape index (κ1) is 19.0. The molecule has 0 radical (unpaired) electrons. The smallest absolute Gasteiger partial charge is 0.308 e. The van der Waals surface area contributed by atoms with E-state index < -0.39 is 0 Å². The van der Waals surface area contributed by atoms with E-state index in [1.807, 2.05) is 12.1 Å². The molecule has 1 aliphatic rings. The zero-order valence-corrected chi connectivity index (χ0v) is 15.1. The van der Waals surface area contributed by atoms with Crippen LogP contribution in [0, 0.1) is 5.92 Å². The first-order valence-electron chi connectivity index (χ1n) is 8.59. The summed E-state index contributed by atoms with van der Waals surface area (Å²) in [6, 6.07) is 7.35. The number of hydrogen-bond acceptors (Lipinski definition) is 4. The van der Waals surface area contributed by atoms with Gasteiger partial charge in [0.05, 0.1) is 19.0 Å². The number of ether oxygens (including phenoxy) is 1. The number of rotatable bonds is 7. The van der Waals surface area contributed by atoms with E-state index in [0.717, 1.165) is 18.4 Å². The molecule has 25 heavy (non-hydrogen) atoms. The van der Waals surface area contributed by atoms with Gasteiger partial charge in [0, 0.05) is 5.56 Å². The zero-order valence-electron chi connectivity index (χ0n) is 15.1. The Morgan fingerprint density at radius 2 is 1.72 bits per heavy atom. The molecule has 0 bridgehead atoms. The normalized spacial score (nSPS) is 13.9. The molecule has 6 nitrogen and oxygen atoms in total. The summed E-state index contributed by atoms with van der Waals surface area (Å²) in [5.41, 5.74) is 1.68. The van der Waals surface area contributed by atoms with Gasteiger partial charge in [-0.2, -0.15) is 0 Å². The maximum Gasteiger partial charge on any atom is 0.308 e. The van der Waals surface area contributed by atoms with Crippen LogP contribution in [-0.2, 0) is 19.7 Å². The van der Waals surface area contributed by atoms with E-state index in [1.54, 1.807) is 12.1 Å². The number of carbonyl (C=O) groups is 3. The highest BCUT2D eigenvalue weighted by molar-refractivity contribution is 5.96. The summed E-state index contributed by atoms with van der Waals surface area (Å²) >= 11 is 0. The van der Waals surface area contributed by atoms with Gasteiger partial charge in [0.15, 0.2) is 0 Å². The van der Waals surface area contributed by atoms with Gasteiger partial charge >= 0.3 is 5.97 Å². The molecular weight excluding hydrogens is 320 g/mol. The first-order chi connectivity index (χ1) is 11.8. The van der Waals surface area contributed by atoms with Crippen LogP contribution in [-0.4, -0.2) is 37.5 Å². The van der Waals surface area contributed by atoms with E-state index in [9.17, 15) is 14.4 Å². The van der Waals surface area contributed by atoms with Crippen LogP contribution in [0.3, 0.4) is 0 Å². The maximum atomic E-state index is 12.1. The second-order valence-corrected chi connectivity index (χ2v) is 7.30. The van der Waals surface area contributed by atoms with E-state index >= 15 is 0 Å². The summed E-state index contributed by atoms with van der Waals surface area (Å²) in [6.07, 6.45) is 1.79. The van der Waals surface area contributed by atoms with Crippen molar-refractivity contribution in [1.29, 1.82) is 0 Å². The maximum absolute atomic E-state index is 12.1. The number of esters is 1. The fourth-order valence-electron chi connectivity index (χ4n) is 2.23. The van der Waals surface area contributed by atoms with Crippen molar-refractivity contribution in [1.82, 2.24) is 10.6 Å². The van der Waals surface area contributed by atoms with Crippen molar-refractivity contribution >= 4 is 17.8 Å². The number of nitrogens with one attached hydrogen (secondary N) is 2. The van der Waals surface area contributed by atoms with Gasteiger partial charge < -0.3 is 15.4 Å². The van der Waals surface area contributed by atoms with Crippen LogP contribution < -0.4 is 10.6 Å². The lowest BCUT2D eigenvalue weighted by Crippen LogP contribution is -2.38. The molecule has 2 amide bonds. The summed E-state index contributed by atoms with van der Waals surface area (Å²) in [5.74, 6) is -0.751. The minimum Gasteiger partial charge on any atom is -0.464 e. The molecule has 6 heteroatoms. The first-order valence-corrected chi connectivity index (χ1v) is 8.59. The predicted molar refractivity (Wildman–Crippen MR) is 94.2 cm³/mol. The van der Waals surface area contributed by atoms with Crippen LogP contribution in [0.2, 0.25) is 0 Å². The van der Waals surface area contributed by atoms with E-state index in [2.05, 4.69) is 31.4 Å². The van der Waals surface area contributed by atoms with Crippen LogP contribution in [0.15, 0.2) is 24.3 Å². The molecule has 0 aromatic heterocycles. The van der Waals surface area contributed by atoms with Crippen molar-refractivity contribution in [2.24, 2.45) is 5.92 Å². The van der Waals surface area contributed by atoms with Crippen LogP contribution in [0.1, 0.15) is 49.5 Å². The average Bonchev–Trinajstić information content (AvgIpc) is 3.40. The largest absolute Gasteiger partial charge is 0.464 e. The molecule has 1 saturated carbocycles. The quantitative estimate of drug-likeness (QED) is 0.582. The van der Waals surface area contributed by atoms with Crippen molar-refractivity contribution in [3.63, 3.8) is 0 Å². The van der Waals surface area contributed by atoms with Gasteiger partial charge in [-0.1, -0.05) is 32.9 Å². The number of benzene rings is 1. The molecule has 0 unspecified atom stereocenters. The van der Waals surface area contributed by atoms with Crippen LogP contribution in [0.5, 0.6) is 0 Å². The van der Waals surface area contributed by atoms with Gasteiger partial charge in [-0.3, -0.25) is 14.4 Å². The molecule has 0 atom stereocenters. The van der Waals surface area contributed by atoms with Gasteiger partial charge in [0.25, 0.3) is 5.91 Å². The molecule has 2 rings (SSSR count). The molecule has 2 N–H and O–H groups in total. The molecule has 0 heterocycles. The van der Waals surface area contributed by atoms with Gasteiger partial charge in [0.2, 0.25) is 5.91 Å². The Balaban J connectivity index is 1.66. The third-order valence-electron chi connectivity index (χ3n) is 4.00. The number of hydrogen-bond donors (Lipinski definition) is 2. The predicted octanol–water partition coefficient (Wildman–Crippen LogP) is 1.78. The van der Waals surface area contributed by atoms with Gasteiger partial charge in [-0.15, -0.1) is 0 Å². The summed E-state index contributed by atoms with van der Waals surface area (Å²) in [5, 5.41) is 5.18. The van der Waals surface area contributed by atoms with Gasteiger partial charge in [-0.25, -0.2) is 0 Å². The highest BCUT2D eigenvalue weighted by atomic mass is 16.5. The molecule has 1 aliphatic carbocycles. The topological polar surface area (TPSA) is 84.5 Å². The molecular formula is C19H26N2O4. The molecule has 1 aromatic rings. The summed E-state index contributed by atoms with van der Waals surface area (Å²) < 4.78 is 5.01. The highest BCUT2D eigenvalue weighted by Gasteiger charge is 2.30. The van der Waals surface area contributed by atoms with Crippen molar-refractivity contribution in [2.45, 2.75) is 39.0 Å². The molecule has 136 valence electrons. The summed E-state index contributed by atoms with van der Waals surface area (Å²) in [6.45, 7) is 6.60. The Bertz CT molecular complexity index is 628. The van der Waals surface area contributed by atoms with Crippen LogP contribution in [0.4, 0.5) is 0 Å². The Morgan fingerprint density at radius 1 is 1.08 bits per heavy atom. The van der Waals surface area contributed by atoms with E-state index in [1.165, 1.54) is 0 Å². The molecule has 0 saturated heterocycles. The van der Waals surface area contributed by atoms with E-state index in [-0.39, 0.29) is 48.8 Å². The molecule has 0 aliphatic heterocycles.